The van der Waals surface area contributed by atoms with Gasteiger partial charge < -0.3 is 33.8 Å². The van der Waals surface area contributed by atoms with Gasteiger partial charge in [0.15, 0.2) is 12.2 Å². The summed E-state index contributed by atoms with van der Waals surface area (Å²) in [6.45, 7) is 14.3. The summed E-state index contributed by atoms with van der Waals surface area (Å²) < 4.78 is 68.6. The van der Waals surface area contributed by atoms with E-state index in [0.29, 0.717) is 25.7 Å². The first-order chi connectivity index (χ1) is 46.2. The van der Waals surface area contributed by atoms with Crippen molar-refractivity contribution in [2.24, 2.45) is 23.7 Å². The Labute approximate surface area is 588 Å². The average molecular weight is 1410 g/mol. The number of unbranched alkanes of at least 4 members (excludes halogenated alkanes) is 38. The fourth-order valence-corrected chi connectivity index (χ4v) is 13.2. The summed E-state index contributed by atoms with van der Waals surface area (Å²) in [5, 5.41) is 10.6. The van der Waals surface area contributed by atoms with Gasteiger partial charge in [-0.15, -0.1) is 0 Å². The van der Waals surface area contributed by atoms with Crippen LogP contribution < -0.4 is 0 Å². The van der Waals surface area contributed by atoms with E-state index >= 15 is 0 Å². The molecule has 3 N–H and O–H groups in total. The molecule has 17 nitrogen and oxygen atoms in total. The molecule has 0 rings (SSSR count). The van der Waals surface area contributed by atoms with E-state index < -0.39 is 97.5 Å². The maximum absolute atomic E-state index is 13.1. The third kappa shape index (κ3) is 67.9. The number of carbonyl (C=O) groups excluding carboxylic acids is 4. The number of phosphoric ester groups is 2. The van der Waals surface area contributed by atoms with Crippen molar-refractivity contribution in [2.75, 3.05) is 39.6 Å². The highest BCUT2D eigenvalue weighted by atomic mass is 31.2. The van der Waals surface area contributed by atoms with Gasteiger partial charge in [0.05, 0.1) is 26.4 Å². The number of rotatable bonds is 74. The van der Waals surface area contributed by atoms with Crippen LogP contribution in [0.5, 0.6) is 0 Å². The van der Waals surface area contributed by atoms with Gasteiger partial charge in [0, 0.05) is 25.7 Å². The fourth-order valence-electron chi connectivity index (χ4n) is 11.7. The number of aliphatic hydroxyl groups excluding tert-OH is 1. The first kappa shape index (κ1) is 94.1. The third-order valence-electron chi connectivity index (χ3n) is 18.5. The molecule has 96 heavy (non-hydrogen) atoms. The molecule has 0 aliphatic rings. The minimum Gasteiger partial charge on any atom is -0.462 e. The normalized spacial score (nSPS) is 14.7. The van der Waals surface area contributed by atoms with Gasteiger partial charge in [-0.3, -0.25) is 37.3 Å². The predicted molar refractivity (Wildman–Crippen MR) is 391 cm³/mol. The maximum Gasteiger partial charge on any atom is 0.472 e. The van der Waals surface area contributed by atoms with Crippen LogP contribution in [0.3, 0.4) is 0 Å². The van der Waals surface area contributed by atoms with E-state index in [4.69, 9.17) is 37.0 Å². The number of aliphatic hydroxyl groups is 1. The van der Waals surface area contributed by atoms with Crippen LogP contribution >= 0.6 is 15.6 Å². The van der Waals surface area contributed by atoms with Crippen molar-refractivity contribution < 1.29 is 80.2 Å². The Kier molecular flexibility index (Phi) is 65.0. The molecular weight excluding hydrogens is 1260 g/mol. The molecule has 0 bridgehead atoms. The predicted octanol–water partition coefficient (Wildman–Crippen LogP) is 22.4. The minimum atomic E-state index is -4.96. The van der Waals surface area contributed by atoms with Crippen LogP contribution in [0.15, 0.2) is 0 Å². The Morgan fingerprint density at radius 3 is 0.740 bits per heavy atom. The summed E-state index contributed by atoms with van der Waals surface area (Å²) >= 11 is 0. The molecule has 4 unspecified atom stereocenters. The summed E-state index contributed by atoms with van der Waals surface area (Å²) in [6.07, 6.45) is 51.1. The maximum atomic E-state index is 13.1. The Morgan fingerprint density at radius 2 is 0.500 bits per heavy atom. The second-order valence-electron chi connectivity index (χ2n) is 29.2. The molecule has 0 aliphatic carbocycles. The van der Waals surface area contributed by atoms with Gasteiger partial charge in [-0.1, -0.05) is 338 Å². The second kappa shape index (κ2) is 66.3. The molecule has 0 aromatic carbocycles. The first-order valence-corrected chi connectivity index (χ1v) is 42.8. The number of carbonyl (C=O) groups is 4. The van der Waals surface area contributed by atoms with Gasteiger partial charge in [-0.25, -0.2) is 9.13 Å². The van der Waals surface area contributed by atoms with Gasteiger partial charge in [-0.05, 0) is 49.4 Å². The molecule has 0 amide bonds. The monoisotopic (exact) mass is 1410 g/mol. The van der Waals surface area contributed by atoms with Gasteiger partial charge in [0.2, 0.25) is 0 Å². The lowest BCUT2D eigenvalue weighted by Crippen LogP contribution is -2.30. The minimum absolute atomic E-state index is 0.105. The molecule has 7 atom stereocenters. The van der Waals surface area contributed by atoms with E-state index in [9.17, 15) is 43.2 Å². The van der Waals surface area contributed by atoms with Crippen LogP contribution in [0.25, 0.3) is 0 Å². The third-order valence-corrected chi connectivity index (χ3v) is 20.4. The van der Waals surface area contributed by atoms with Crippen LogP contribution in [-0.2, 0) is 65.4 Å². The van der Waals surface area contributed by atoms with Crippen molar-refractivity contribution in [3.63, 3.8) is 0 Å². The molecule has 0 aromatic rings. The molecule has 0 radical (unpaired) electrons. The van der Waals surface area contributed by atoms with Gasteiger partial charge >= 0.3 is 39.5 Å². The van der Waals surface area contributed by atoms with E-state index in [0.717, 1.165) is 114 Å². The number of esters is 4. The lowest BCUT2D eigenvalue weighted by atomic mass is 9.99. The summed E-state index contributed by atoms with van der Waals surface area (Å²) in [5.41, 5.74) is 0. The lowest BCUT2D eigenvalue weighted by molar-refractivity contribution is -0.161. The number of ether oxygens (including phenoxy) is 4. The standard InChI is InChI=1S/C77H150O17P2/c1-9-69(7)55-47-39-31-23-18-20-24-33-41-49-57-74(79)87-63-72(93-76(81)59-51-43-35-25-16-14-12-11-13-15-21-29-37-45-53-67(3)4)65-91-95(83,84)89-61-71(78)62-90-96(85,86)92-66-73(64-88-75(80)58-50-42-34-28-27-32-40-48-56-70(8)10-2)94-77(82)60-52-44-36-26-19-17-22-30-38-46-54-68(5)6/h67-73,78H,9-66H2,1-8H3,(H,83,84)(H,85,86)/t69?,70?,71-,72-,73-/m1/s1. The molecule has 19 heteroatoms. The topological polar surface area (TPSA) is 237 Å². The van der Waals surface area contributed by atoms with Crippen molar-refractivity contribution in [1.29, 1.82) is 0 Å². The first-order valence-electron chi connectivity index (χ1n) is 39.8. The Balaban J connectivity index is 5.28. The fraction of sp³-hybridized carbons (Fsp3) is 0.948. The molecule has 0 saturated carbocycles. The molecule has 0 heterocycles. The summed E-state index contributed by atoms with van der Waals surface area (Å²) in [4.78, 5) is 72.9. The summed E-state index contributed by atoms with van der Waals surface area (Å²) in [6, 6.07) is 0. The highest BCUT2D eigenvalue weighted by Gasteiger charge is 2.30. The van der Waals surface area contributed by atoms with Crippen LogP contribution in [-0.4, -0.2) is 96.7 Å². The largest absolute Gasteiger partial charge is 0.472 e. The summed E-state index contributed by atoms with van der Waals surface area (Å²) in [7, 11) is -9.92. The van der Waals surface area contributed by atoms with E-state index in [-0.39, 0.29) is 25.7 Å². The van der Waals surface area contributed by atoms with E-state index in [1.165, 1.54) is 193 Å². The van der Waals surface area contributed by atoms with Crippen LogP contribution in [0, 0.1) is 23.7 Å². The Morgan fingerprint density at radius 1 is 0.292 bits per heavy atom. The van der Waals surface area contributed by atoms with E-state index in [1.54, 1.807) is 0 Å². The zero-order valence-corrected chi connectivity index (χ0v) is 64.8. The Hall–Kier alpha value is -1.94. The number of hydrogen-bond acceptors (Lipinski definition) is 15. The molecule has 0 fully saturated rings. The zero-order chi connectivity index (χ0) is 71.0. The molecule has 0 saturated heterocycles. The van der Waals surface area contributed by atoms with Gasteiger partial charge in [-0.2, -0.15) is 0 Å². The lowest BCUT2D eigenvalue weighted by Gasteiger charge is -2.21. The van der Waals surface area contributed by atoms with Crippen molar-refractivity contribution >= 4 is 39.5 Å². The number of phosphoric acid groups is 2. The van der Waals surface area contributed by atoms with Crippen LogP contribution in [0.2, 0.25) is 0 Å². The molecule has 0 spiro atoms. The SMILES string of the molecule is CCC(C)CCCCCCCCCCCCC(=O)OC[C@H](COP(=O)(O)OC[C@@H](O)COP(=O)(O)OC[C@@H](COC(=O)CCCCCCCCCCC(C)CC)OC(=O)CCCCCCCCCCCCC(C)C)OC(=O)CCCCCCCCCCCCCCCCC(C)C. The van der Waals surface area contributed by atoms with Crippen LogP contribution in [0.4, 0.5) is 0 Å². The molecule has 0 aliphatic heterocycles. The average Bonchev–Trinajstić information content (AvgIpc) is 1.28. The van der Waals surface area contributed by atoms with Gasteiger partial charge in [0.25, 0.3) is 0 Å². The smallest absolute Gasteiger partial charge is 0.462 e. The highest BCUT2D eigenvalue weighted by Crippen LogP contribution is 2.45. The molecule has 570 valence electrons. The van der Waals surface area contributed by atoms with Crippen molar-refractivity contribution in [3.05, 3.63) is 0 Å². The number of hydrogen-bond donors (Lipinski definition) is 3. The van der Waals surface area contributed by atoms with E-state index in [1.807, 2.05) is 0 Å². The Bertz CT molecular complexity index is 1890. The van der Waals surface area contributed by atoms with E-state index in [2.05, 4.69) is 55.4 Å². The zero-order valence-electron chi connectivity index (χ0n) is 63.0. The second-order valence-corrected chi connectivity index (χ2v) is 32.1. The highest BCUT2D eigenvalue weighted by molar-refractivity contribution is 7.47. The van der Waals surface area contributed by atoms with Gasteiger partial charge in [0.1, 0.15) is 19.3 Å². The van der Waals surface area contributed by atoms with Crippen LogP contribution in [0.1, 0.15) is 389 Å². The van der Waals surface area contributed by atoms with Crippen molar-refractivity contribution in [3.8, 4) is 0 Å². The molecule has 0 aromatic heterocycles. The molecular formula is C77H150O17P2. The van der Waals surface area contributed by atoms with Crippen molar-refractivity contribution in [1.82, 2.24) is 0 Å². The quantitative estimate of drug-likeness (QED) is 0.0222. The van der Waals surface area contributed by atoms with Crippen molar-refractivity contribution in [2.45, 2.75) is 408 Å². The summed E-state index contributed by atoms with van der Waals surface area (Å²) in [5.74, 6) is 1.02.